The Labute approximate surface area is 244 Å². The van der Waals surface area contributed by atoms with E-state index in [0.29, 0.717) is 12.1 Å². The zero-order chi connectivity index (χ0) is 29.4. The van der Waals surface area contributed by atoms with Crippen LogP contribution in [-0.4, -0.2) is 43.8 Å². The summed E-state index contributed by atoms with van der Waals surface area (Å²) in [6.45, 7) is 5.41. The molecule has 3 aromatic rings. The number of benzene rings is 3. The molecule has 4 rings (SSSR count). The van der Waals surface area contributed by atoms with Crippen LogP contribution in [-0.2, 0) is 32.6 Å². The molecular formula is C33H41N3O4S. The molecule has 3 aromatic carbocycles. The number of carbonyl (C=O) groups excluding carboxylic acids is 2. The van der Waals surface area contributed by atoms with Crippen molar-refractivity contribution in [2.45, 2.75) is 82.8 Å². The van der Waals surface area contributed by atoms with Crippen molar-refractivity contribution in [1.82, 2.24) is 10.2 Å². The Kier molecular flexibility index (Phi) is 10.2. The van der Waals surface area contributed by atoms with Crippen LogP contribution >= 0.6 is 0 Å². The maximum atomic E-state index is 14.2. The Balaban J connectivity index is 1.69. The Hall–Kier alpha value is -3.65. The molecule has 0 radical (unpaired) electrons. The number of carbonyl (C=O) groups is 2. The second-order valence-electron chi connectivity index (χ2n) is 10.8. The molecule has 0 heterocycles. The standard InChI is InChI=1S/C33H41N3O4S/c1-4-28-16-11-12-21-31(28)36(41(39,40)30-19-9-6-10-20-30)24-32(37)35(23-27-15-13-14-25(2)22-27)26(3)33(38)34-29-17-7-5-8-18-29/h6,9-16,19-22,26,29H,4-5,7-8,17-18,23-24H2,1-3H3,(H,34,38). The van der Waals surface area contributed by atoms with Crippen LogP contribution in [0.4, 0.5) is 5.69 Å². The summed E-state index contributed by atoms with van der Waals surface area (Å²) in [5.41, 5.74) is 3.19. The summed E-state index contributed by atoms with van der Waals surface area (Å²) in [4.78, 5) is 29.2. The lowest BCUT2D eigenvalue weighted by molar-refractivity contribution is -0.139. The van der Waals surface area contributed by atoms with E-state index < -0.39 is 28.5 Å². The summed E-state index contributed by atoms with van der Waals surface area (Å²) in [6.07, 6.45) is 5.79. The van der Waals surface area contributed by atoms with E-state index in [0.717, 1.165) is 42.4 Å². The molecule has 1 aliphatic carbocycles. The highest BCUT2D eigenvalue weighted by molar-refractivity contribution is 7.92. The molecule has 1 atom stereocenters. The van der Waals surface area contributed by atoms with Gasteiger partial charge in [-0.25, -0.2) is 8.42 Å². The number of nitrogens with one attached hydrogen (secondary N) is 1. The molecule has 0 saturated heterocycles. The number of nitrogens with zero attached hydrogens (tertiary/aromatic N) is 2. The summed E-state index contributed by atoms with van der Waals surface area (Å²) < 4.78 is 29.2. The van der Waals surface area contributed by atoms with Gasteiger partial charge in [-0.05, 0) is 62.4 Å². The number of aryl methyl sites for hydroxylation is 2. The highest BCUT2D eigenvalue weighted by Crippen LogP contribution is 2.28. The van der Waals surface area contributed by atoms with Crippen LogP contribution in [0, 0.1) is 6.92 Å². The van der Waals surface area contributed by atoms with Gasteiger partial charge in [0.1, 0.15) is 12.6 Å². The van der Waals surface area contributed by atoms with Crippen LogP contribution in [0.5, 0.6) is 0 Å². The van der Waals surface area contributed by atoms with E-state index in [1.54, 1.807) is 37.3 Å². The SMILES string of the molecule is CCc1ccccc1N(CC(=O)N(Cc1cccc(C)c1)C(C)C(=O)NC1CCCCC1)S(=O)(=O)c1ccccc1. The third-order valence-electron chi connectivity index (χ3n) is 7.81. The lowest BCUT2D eigenvalue weighted by atomic mass is 9.95. The number of anilines is 1. The maximum Gasteiger partial charge on any atom is 0.264 e. The third kappa shape index (κ3) is 7.55. The minimum atomic E-state index is -4.08. The van der Waals surface area contributed by atoms with Gasteiger partial charge in [0.05, 0.1) is 10.6 Å². The average Bonchev–Trinajstić information content (AvgIpc) is 2.99. The molecule has 0 aromatic heterocycles. The Morgan fingerprint density at radius 3 is 2.29 bits per heavy atom. The highest BCUT2D eigenvalue weighted by Gasteiger charge is 2.33. The molecule has 1 fully saturated rings. The molecule has 8 heteroatoms. The predicted molar refractivity (Wildman–Crippen MR) is 163 cm³/mol. The first-order valence-electron chi connectivity index (χ1n) is 14.5. The number of amides is 2. The van der Waals surface area contributed by atoms with E-state index >= 15 is 0 Å². The fraction of sp³-hybridized carbons (Fsp3) is 0.394. The van der Waals surface area contributed by atoms with Crippen LogP contribution in [0.25, 0.3) is 0 Å². The van der Waals surface area contributed by atoms with Gasteiger partial charge < -0.3 is 10.2 Å². The molecule has 0 spiro atoms. The van der Waals surface area contributed by atoms with Gasteiger partial charge >= 0.3 is 0 Å². The maximum absolute atomic E-state index is 14.2. The quantitative estimate of drug-likeness (QED) is 0.322. The fourth-order valence-corrected chi connectivity index (χ4v) is 6.92. The highest BCUT2D eigenvalue weighted by atomic mass is 32.2. The molecule has 0 bridgehead atoms. The molecule has 1 saturated carbocycles. The third-order valence-corrected chi connectivity index (χ3v) is 9.58. The fourth-order valence-electron chi connectivity index (χ4n) is 5.44. The summed E-state index contributed by atoms with van der Waals surface area (Å²) in [5.74, 6) is -0.660. The number of hydrogen-bond acceptors (Lipinski definition) is 4. The van der Waals surface area contributed by atoms with E-state index in [-0.39, 0.29) is 23.4 Å². The van der Waals surface area contributed by atoms with Gasteiger partial charge in [0, 0.05) is 12.6 Å². The molecule has 1 unspecified atom stereocenters. The van der Waals surface area contributed by atoms with Gasteiger partial charge in [0.25, 0.3) is 10.0 Å². The molecular weight excluding hydrogens is 534 g/mol. The monoisotopic (exact) mass is 575 g/mol. The molecule has 2 amide bonds. The van der Waals surface area contributed by atoms with Crippen molar-refractivity contribution >= 4 is 27.5 Å². The van der Waals surface area contributed by atoms with Crippen LogP contribution < -0.4 is 9.62 Å². The van der Waals surface area contributed by atoms with E-state index in [9.17, 15) is 18.0 Å². The molecule has 41 heavy (non-hydrogen) atoms. The number of para-hydroxylation sites is 1. The van der Waals surface area contributed by atoms with Gasteiger partial charge in [-0.3, -0.25) is 13.9 Å². The van der Waals surface area contributed by atoms with Crippen molar-refractivity contribution < 1.29 is 18.0 Å². The minimum absolute atomic E-state index is 0.0982. The second kappa shape index (κ2) is 13.8. The van der Waals surface area contributed by atoms with E-state index in [1.165, 1.54) is 27.8 Å². The summed E-state index contributed by atoms with van der Waals surface area (Å²) in [7, 11) is -4.08. The molecule has 0 aliphatic heterocycles. The van der Waals surface area contributed by atoms with Crippen molar-refractivity contribution in [1.29, 1.82) is 0 Å². The van der Waals surface area contributed by atoms with E-state index in [4.69, 9.17) is 0 Å². The van der Waals surface area contributed by atoms with Crippen molar-refractivity contribution in [3.63, 3.8) is 0 Å². The minimum Gasteiger partial charge on any atom is -0.352 e. The first-order valence-corrected chi connectivity index (χ1v) is 16.0. The molecule has 1 N–H and O–H groups in total. The number of hydrogen-bond donors (Lipinski definition) is 1. The predicted octanol–water partition coefficient (Wildman–Crippen LogP) is 5.62. The molecule has 7 nitrogen and oxygen atoms in total. The van der Waals surface area contributed by atoms with Gasteiger partial charge in [-0.1, -0.05) is 92.4 Å². The van der Waals surface area contributed by atoms with E-state index in [1.807, 2.05) is 50.2 Å². The van der Waals surface area contributed by atoms with Gasteiger partial charge in [-0.15, -0.1) is 0 Å². The van der Waals surface area contributed by atoms with Crippen molar-refractivity contribution in [2.75, 3.05) is 10.8 Å². The van der Waals surface area contributed by atoms with Gasteiger partial charge in [-0.2, -0.15) is 0 Å². The summed E-state index contributed by atoms with van der Waals surface area (Å²) in [6, 6.07) is 22.5. The summed E-state index contributed by atoms with van der Waals surface area (Å²) in [5, 5.41) is 3.15. The molecule has 218 valence electrons. The Bertz CT molecular complexity index is 1440. The normalized spacial score (nSPS) is 14.7. The zero-order valence-electron chi connectivity index (χ0n) is 24.3. The van der Waals surface area contributed by atoms with Crippen molar-refractivity contribution in [2.24, 2.45) is 0 Å². The topological polar surface area (TPSA) is 86.8 Å². The second-order valence-corrected chi connectivity index (χ2v) is 12.7. The largest absolute Gasteiger partial charge is 0.352 e. The Morgan fingerprint density at radius 2 is 1.61 bits per heavy atom. The van der Waals surface area contributed by atoms with Crippen molar-refractivity contribution in [3.8, 4) is 0 Å². The van der Waals surface area contributed by atoms with Crippen molar-refractivity contribution in [3.05, 3.63) is 95.6 Å². The summed E-state index contributed by atoms with van der Waals surface area (Å²) >= 11 is 0. The van der Waals surface area contributed by atoms with E-state index in [2.05, 4.69) is 5.32 Å². The van der Waals surface area contributed by atoms with Gasteiger partial charge in [0.2, 0.25) is 11.8 Å². The first kappa shape index (κ1) is 30.3. The first-order chi connectivity index (χ1) is 19.7. The van der Waals surface area contributed by atoms with Crippen LogP contribution in [0.3, 0.4) is 0 Å². The lowest BCUT2D eigenvalue weighted by Crippen LogP contribution is -2.53. The smallest absolute Gasteiger partial charge is 0.264 e. The lowest BCUT2D eigenvalue weighted by Gasteiger charge is -2.33. The number of sulfonamides is 1. The van der Waals surface area contributed by atoms with Gasteiger partial charge in [0.15, 0.2) is 0 Å². The van der Waals surface area contributed by atoms with Crippen LogP contribution in [0.1, 0.15) is 62.6 Å². The Morgan fingerprint density at radius 1 is 0.927 bits per heavy atom. The van der Waals surface area contributed by atoms with Crippen LogP contribution in [0.2, 0.25) is 0 Å². The zero-order valence-corrected chi connectivity index (χ0v) is 25.1. The average molecular weight is 576 g/mol. The van der Waals surface area contributed by atoms with Crippen LogP contribution in [0.15, 0.2) is 83.8 Å². The molecule has 1 aliphatic rings. The number of rotatable bonds is 11.